The molecule has 0 heterocycles. The molecule has 0 saturated carbocycles. The summed E-state index contributed by atoms with van der Waals surface area (Å²) in [6, 6.07) is 19.8. The molecule has 1 aliphatic rings. The number of esters is 4. The topological polar surface area (TPSA) is 222 Å². The highest BCUT2D eigenvalue weighted by atomic mass is 16.7. The minimum atomic E-state index is -2.45. The lowest BCUT2D eigenvalue weighted by molar-refractivity contribution is -0.258. The fourth-order valence-electron chi connectivity index (χ4n) is 6.03. The van der Waals surface area contributed by atoms with Gasteiger partial charge < -0.3 is 49.3 Å². The number of methoxy groups -OCH3 is 1. The predicted molar refractivity (Wildman–Crippen MR) is 189 cm³/mol. The Labute approximate surface area is 310 Å². The summed E-state index contributed by atoms with van der Waals surface area (Å²) in [6.45, 7) is 3.50. The maximum absolute atomic E-state index is 13.1. The highest BCUT2D eigenvalue weighted by Gasteiger charge is 2.53. The van der Waals surface area contributed by atoms with E-state index in [-0.39, 0.29) is 36.9 Å². The highest BCUT2D eigenvalue weighted by Crippen LogP contribution is 2.44. The summed E-state index contributed by atoms with van der Waals surface area (Å²) in [6.07, 6.45) is -7.26. The van der Waals surface area contributed by atoms with Gasteiger partial charge in [-0.05, 0) is 39.9 Å². The van der Waals surface area contributed by atoms with E-state index >= 15 is 0 Å². The summed E-state index contributed by atoms with van der Waals surface area (Å²) in [7, 11) is 0.948. The molecule has 1 aliphatic carbocycles. The van der Waals surface area contributed by atoms with E-state index in [0.29, 0.717) is 5.56 Å². The van der Waals surface area contributed by atoms with Crippen LogP contribution in [0.5, 0.6) is 5.75 Å². The number of ether oxygens (including phenoxy) is 6. The molecule has 16 nitrogen and oxygen atoms in total. The van der Waals surface area contributed by atoms with Crippen LogP contribution in [0.15, 0.2) is 66.7 Å². The number of hydrogen-bond acceptors (Lipinski definition) is 14. The van der Waals surface area contributed by atoms with Crippen LogP contribution < -0.4 is 15.4 Å². The molecule has 4 atom stereocenters. The standard InChI is InChI=1S/C38H42N2O14/c1-21(42)51-34(33(46)36(47)49-5)35(52-22(2)43)38(4,53-23(3)44)54-31-15-14-24(19-41)18-30(31)40-32(45)16-17-39-37(48)50-20-29-27-12-8-6-10-25(27)26-11-7-9-13-28(26)29/h6-15,18,29,33-35,41,46H,16-17,19-20H2,1-5H3,(H,39,48)(H,40,45)/t33?,34-,35+,38?/m1/s1. The van der Waals surface area contributed by atoms with Crippen LogP contribution in [-0.2, 0) is 54.3 Å². The van der Waals surface area contributed by atoms with Crippen molar-refractivity contribution in [1.82, 2.24) is 5.32 Å². The van der Waals surface area contributed by atoms with Crippen molar-refractivity contribution in [3.05, 3.63) is 83.4 Å². The minimum Gasteiger partial charge on any atom is -0.467 e. The molecular weight excluding hydrogens is 708 g/mol. The van der Waals surface area contributed by atoms with Gasteiger partial charge in [-0.3, -0.25) is 19.2 Å². The van der Waals surface area contributed by atoms with E-state index in [1.165, 1.54) is 18.2 Å². The summed E-state index contributed by atoms with van der Waals surface area (Å²) >= 11 is 0. The third-order valence-corrected chi connectivity index (χ3v) is 8.29. The first-order chi connectivity index (χ1) is 25.7. The van der Waals surface area contributed by atoms with Crippen molar-refractivity contribution in [2.24, 2.45) is 0 Å². The average Bonchev–Trinajstić information content (AvgIpc) is 3.45. The molecule has 2 amide bonds. The fraction of sp³-hybridized carbons (Fsp3) is 0.368. The fourth-order valence-corrected chi connectivity index (χ4v) is 6.03. The van der Waals surface area contributed by atoms with Gasteiger partial charge in [-0.15, -0.1) is 0 Å². The Hall–Kier alpha value is -6.00. The number of nitrogens with one attached hydrogen (secondary N) is 2. The number of fused-ring (bicyclic) bond motifs is 3. The number of hydrogen-bond donors (Lipinski definition) is 4. The van der Waals surface area contributed by atoms with Gasteiger partial charge in [-0.25, -0.2) is 9.59 Å². The van der Waals surface area contributed by atoms with Crippen molar-refractivity contribution in [3.8, 4) is 16.9 Å². The SMILES string of the molecule is COC(=O)C(O)[C@@H](OC(C)=O)[C@H](OC(C)=O)C(C)(OC(C)=O)Oc1ccc(CO)cc1NC(=O)CCNC(=O)OCC1c2ccccc2-c2ccccc21. The molecule has 0 saturated heterocycles. The summed E-state index contributed by atoms with van der Waals surface area (Å²) in [4.78, 5) is 74.8. The second-order valence-electron chi connectivity index (χ2n) is 12.3. The first-order valence-corrected chi connectivity index (χ1v) is 16.8. The van der Waals surface area contributed by atoms with Crippen molar-refractivity contribution in [3.63, 3.8) is 0 Å². The molecule has 3 aromatic rings. The lowest BCUT2D eigenvalue weighted by Gasteiger charge is -2.40. The van der Waals surface area contributed by atoms with Crippen molar-refractivity contribution < 1.29 is 67.4 Å². The first-order valence-electron chi connectivity index (χ1n) is 16.8. The van der Waals surface area contributed by atoms with Crippen molar-refractivity contribution in [1.29, 1.82) is 0 Å². The number of rotatable bonds is 16. The van der Waals surface area contributed by atoms with Crippen LogP contribution in [0, 0.1) is 0 Å². The van der Waals surface area contributed by atoms with Crippen LogP contribution >= 0.6 is 0 Å². The van der Waals surface area contributed by atoms with Gasteiger partial charge in [0.15, 0.2) is 12.2 Å². The van der Waals surface area contributed by atoms with E-state index in [9.17, 15) is 39.0 Å². The van der Waals surface area contributed by atoms with Gasteiger partial charge in [0, 0.05) is 46.6 Å². The van der Waals surface area contributed by atoms with E-state index in [2.05, 4.69) is 15.4 Å². The molecule has 0 aromatic heterocycles. The monoisotopic (exact) mass is 750 g/mol. The molecule has 4 N–H and O–H groups in total. The van der Waals surface area contributed by atoms with Gasteiger partial charge in [0.1, 0.15) is 12.4 Å². The number of benzene rings is 3. The Morgan fingerprint density at radius 1 is 0.852 bits per heavy atom. The Morgan fingerprint density at radius 3 is 2.02 bits per heavy atom. The number of aliphatic hydroxyl groups excluding tert-OH is 2. The van der Waals surface area contributed by atoms with Gasteiger partial charge in [0.25, 0.3) is 5.79 Å². The summed E-state index contributed by atoms with van der Waals surface area (Å²) < 4.78 is 32.0. The zero-order valence-electron chi connectivity index (χ0n) is 30.3. The summed E-state index contributed by atoms with van der Waals surface area (Å²) in [5.74, 6) is -7.73. The molecule has 0 radical (unpaired) electrons. The third kappa shape index (κ3) is 10.1. The van der Waals surface area contributed by atoms with Crippen molar-refractivity contribution in [2.75, 3.05) is 25.6 Å². The lowest BCUT2D eigenvalue weighted by atomic mass is 9.98. The number of carbonyl (C=O) groups excluding carboxylic acids is 6. The summed E-state index contributed by atoms with van der Waals surface area (Å²) in [5.41, 5.74) is 4.49. The average molecular weight is 751 g/mol. The van der Waals surface area contributed by atoms with E-state index in [1.54, 1.807) is 0 Å². The van der Waals surface area contributed by atoms with Gasteiger partial charge in [0.05, 0.1) is 19.4 Å². The zero-order valence-corrected chi connectivity index (χ0v) is 30.3. The molecule has 0 bridgehead atoms. The van der Waals surface area contributed by atoms with Crippen LogP contribution in [0.2, 0.25) is 0 Å². The maximum Gasteiger partial charge on any atom is 0.407 e. The van der Waals surface area contributed by atoms with E-state index in [4.69, 9.17) is 23.7 Å². The quantitative estimate of drug-likeness (QED) is 0.0939. The number of amides is 2. The second kappa shape index (κ2) is 18.2. The first kappa shape index (κ1) is 40.8. The largest absolute Gasteiger partial charge is 0.467 e. The predicted octanol–water partition coefficient (Wildman–Crippen LogP) is 3.10. The summed E-state index contributed by atoms with van der Waals surface area (Å²) in [5, 5.41) is 25.7. The number of alkyl carbamates (subject to hydrolysis) is 1. The zero-order chi connectivity index (χ0) is 39.6. The Bertz CT molecular complexity index is 1830. The molecule has 288 valence electrons. The molecule has 0 spiro atoms. The molecule has 0 aliphatic heterocycles. The second-order valence-corrected chi connectivity index (χ2v) is 12.3. The molecule has 54 heavy (non-hydrogen) atoms. The van der Waals surface area contributed by atoms with Crippen LogP contribution in [-0.4, -0.2) is 90.5 Å². The lowest BCUT2D eigenvalue weighted by Crippen LogP contribution is -2.60. The molecule has 0 fully saturated rings. The van der Waals surface area contributed by atoms with Gasteiger partial charge in [0.2, 0.25) is 12.0 Å². The molecule has 16 heteroatoms. The van der Waals surface area contributed by atoms with Gasteiger partial charge in [-0.2, -0.15) is 0 Å². The smallest absolute Gasteiger partial charge is 0.407 e. The van der Waals surface area contributed by atoms with E-state index < -0.39 is 66.6 Å². The Morgan fingerprint density at radius 2 is 1.46 bits per heavy atom. The van der Waals surface area contributed by atoms with Crippen LogP contribution in [0.4, 0.5) is 10.5 Å². The molecule has 4 rings (SSSR count). The van der Waals surface area contributed by atoms with Crippen molar-refractivity contribution in [2.45, 2.75) is 70.7 Å². The molecular formula is C38H42N2O14. The van der Waals surface area contributed by atoms with E-state index in [0.717, 1.165) is 57.1 Å². The van der Waals surface area contributed by atoms with Crippen LogP contribution in [0.1, 0.15) is 56.7 Å². The number of anilines is 1. The van der Waals surface area contributed by atoms with Gasteiger partial charge >= 0.3 is 30.0 Å². The van der Waals surface area contributed by atoms with E-state index in [1.807, 2.05) is 48.5 Å². The Balaban J connectivity index is 1.48. The normalized spacial score (nSPS) is 14.4. The van der Waals surface area contributed by atoms with Crippen molar-refractivity contribution >= 4 is 41.6 Å². The third-order valence-electron chi connectivity index (χ3n) is 8.29. The Kier molecular flexibility index (Phi) is 13.7. The van der Waals surface area contributed by atoms with Gasteiger partial charge in [-0.1, -0.05) is 54.6 Å². The maximum atomic E-state index is 13.1. The molecule has 2 unspecified atom stereocenters. The number of carbonyl (C=O) groups is 6. The number of aliphatic hydroxyl groups is 2. The minimum absolute atomic E-state index is 0.0646. The molecule has 3 aromatic carbocycles. The van der Waals surface area contributed by atoms with Crippen LogP contribution in [0.3, 0.4) is 0 Å². The van der Waals surface area contributed by atoms with Crippen LogP contribution in [0.25, 0.3) is 11.1 Å². The highest BCUT2D eigenvalue weighted by molar-refractivity contribution is 5.92.